The van der Waals surface area contributed by atoms with Crippen molar-refractivity contribution in [3.05, 3.63) is 33.5 Å². The van der Waals surface area contributed by atoms with E-state index >= 15 is 0 Å². The molecule has 0 spiro atoms. The normalized spacial score (nSPS) is 22.0. The Labute approximate surface area is 122 Å². The van der Waals surface area contributed by atoms with E-state index in [9.17, 15) is 18.8 Å². The molecular formula is C13H10BrFN2O3. The zero-order chi connectivity index (χ0) is 14.4. The van der Waals surface area contributed by atoms with Crippen molar-refractivity contribution in [3.63, 3.8) is 0 Å². The zero-order valence-corrected chi connectivity index (χ0v) is 11.9. The van der Waals surface area contributed by atoms with Gasteiger partial charge >= 0.3 is 0 Å². The van der Waals surface area contributed by atoms with Crippen molar-refractivity contribution in [3.8, 4) is 0 Å². The minimum absolute atomic E-state index is 0.00377. The summed E-state index contributed by atoms with van der Waals surface area (Å²) in [5, 5.41) is 2.21. The number of hydrogen-bond acceptors (Lipinski definition) is 3. The van der Waals surface area contributed by atoms with Gasteiger partial charge in [0.15, 0.2) is 0 Å². The Balaban J connectivity index is 1.94. The lowest BCUT2D eigenvalue weighted by Crippen LogP contribution is -2.52. The molecule has 3 amide bonds. The highest BCUT2D eigenvalue weighted by Crippen LogP contribution is 2.33. The minimum Gasteiger partial charge on any atom is -0.322 e. The number of fused-ring (bicyclic) bond motifs is 1. The second-order valence-corrected chi connectivity index (χ2v) is 5.64. The molecule has 1 unspecified atom stereocenters. The molecule has 20 heavy (non-hydrogen) atoms. The van der Waals surface area contributed by atoms with Gasteiger partial charge in [0.05, 0.1) is 5.56 Å². The molecule has 3 rings (SSSR count). The highest BCUT2D eigenvalue weighted by Gasteiger charge is 2.41. The Morgan fingerprint density at radius 2 is 2.05 bits per heavy atom. The first-order valence-electron chi connectivity index (χ1n) is 6.10. The molecule has 1 saturated heterocycles. The number of amides is 3. The van der Waals surface area contributed by atoms with Crippen LogP contribution in [0.4, 0.5) is 4.39 Å². The molecule has 2 aliphatic rings. The van der Waals surface area contributed by atoms with Gasteiger partial charge in [0.2, 0.25) is 11.8 Å². The van der Waals surface area contributed by atoms with Crippen LogP contribution in [0.3, 0.4) is 0 Å². The fourth-order valence-corrected chi connectivity index (χ4v) is 3.05. The van der Waals surface area contributed by atoms with Crippen molar-refractivity contribution < 1.29 is 18.8 Å². The van der Waals surface area contributed by atoms with Crippen LogP contribution >= 0.6 is 15.9 Å². The van der Waals surface area contributed by atoms with E-state index in [1.54, 1.807) is 0 Å². The number of imide groups is 1. The summed E-state index contributed by atoms with van der Waals surface area (Å²) in [6.45, 7) is 0.165. The molecule has 104 valence electrons. The van der Waals surface area contributed by atoms with Crippen LogP contribution < -0.4 is 5.32 Å². The smallest absolute Gasteiger partial charge is 0.258 e. The Morgan fingerprint density at radius 3 is 2.70 bits per heavy atom. The van der Waals surface area contributed by atoms with Crippen LogP contribution in [0.2, 0.25) is 0 Å². The summed E-state index contributed by atoms with van der Waals surface area (Å²) in [6.07, 6.45) is 0.448. The number of halogens is 2. The Morgan fingerprint density at radius 1 is 1.30 bits per heavy atom. The number of nitrogens with one attached hydrogen (secondary N) is 1. The average molecular weight is 341 g/mol. The largest absolute Gasteiger partial charge is 0.322 e. The van der Waals surface area contributed by atoms with E-state index in [0.717, 1.165) is 0 Å². The van der Waals surface area contributed by atoms with Crippen molar-refractivity contribution in [1.82, 2.24) is 10.2 Å². The molecular weight excluding hydrogens is 331 g/mol. The van der Waals surface area contributed by atoms with Crippen molar-refractivity contribution in [2.45, 2.75) is 25.4 Å². The van der Waals surface area contributed by atoms with Crippen LogP contribution in [0.25, 0.3) is 0 Å². The van der Waals surface area contributed by atoms with Crippen LogP contribution in [-0.2, 0) is 16.1 Å². The fraction of sp³-hybridized carbons (Fsp3) is 0.308. The summed E-state index contributed by atoms with van der Waals surface area (Å²) in [6, 6.07) is 2.03. The van der Waals surface area contributed by atoms with Gasteiger partial charge in [-0.3, -0.25) is 19.7 Å². The number of piperidine rings is 1. The van der Waals surface area contributed by atoms with Gasteiger partial charge in [0.25, 0.3) is 5.91 Å². The molecule has 2 heterocycles. The van der Waals surface area contributed by atoms with Gasteiger partial charge in [-0.2, -0.15) is 0 Å². The monoisotopic (exact) mass is 340 g/mol. The molecule has 0 saturated carbocycles. The lowest BCUT2D eigenvalue weighted by Gasteiger charge is -2.29. The zero-order valence-electron chi connectivity index (χ0n) is 10.3. The summed E-state index contributed by atoms with van der Waals surface area (Å²) in [7, 11) is 0. The van der Waals surface area contributed by atoms with Crippen LogP contribution in [0.1, 0.15) is 28.8 Å². The summed E-state index contributed by atoms with van der Waals surface area (Å²) in [4.78, 5) is 36.6. The first-order chi connectivity index (χ1) is 9.49. The van der Waals surface area contributed by atoms with E-state index < -0.39 is 23.7 Å². The molecule has 1 aromatic rings. The topological polar surface area (TPSA) is 66.5 Å². The summed E-state index contributed by atoms with van der Waals surface area (Å²) in [5.41, 5.74) is 0.545. The van der Waals surface area contributed by atoms with Gasteiger partial charge in [-0.15, -0.1) is 0 Å². The molecule has 0 aromatic heterocycles. The predicted molar refractivity (Wildman–Crippen MR) is 70.1 cm³/mol. The highest BCUT2D eigenvalue weighted by atomic mass is 79.9. The van der Waals surface area contributed by atoms with Crippen LogP contribution in [0.15, 0.2) is 16.6 Å². The van der Waals surface area contributed by atoms with Crippen LogP contribution in [-0.4, -0.2) is 28.7 Å². The lowest BCUT2D eigenvalue weighted by atomic mass is 10.0. The molecule has 0 aliphatic carbocycles. The second kappa shape index (κ2) is 4.66. The van der Waals surface area contributed by atoms with E-state index in [2.05, 4.69) is 21.2 Å². The minimum atomic E-state index is -0.723. The molecule has 0 radical (unpaired) electrons. The first-order valence-corrected chi connectivity index (χ1v) is 6.90. The van der Waals surface area contributed by atoms with Crippen molar-refractivity contribution in [2.24, 2.45) is 0 Å². The maximum atomic E-state index is 13.8. The highest BCUT2D eigenvalue weighted by molar-refractivity contribution is 9.10. The fourth-order valence-electron chi connectivity index (χ4n) is 2.60. The van der Waals surface area contributed by atoms with Crippen molar-refractivity contribution >= 4 is 33.7 Å². The molecule has 1 atom stereocenters. The third-order valence-corrected chi connectivity index (χ3v) is 4.34. The summed E-state index contributed by atoms with van der Waals surface area (Å²) < 4.78 is 14.4. The van der Waals surface area contributed by atoms with Gasteiger partial charge in [0.1, 0.15) is 11.9 Å². The third kappa shape index (κ3) is 1.93. The van der Waals surface area contributed by atoms with E-state index in [4.69, 9.17) is 0 Å². The molecule has 1 aromatic carbocycles. The quantitative estimate of drug-likeness (QED) is 0.785. The number of benzene rings is 1. The standard InChI is InChI=1S/C13H10BrFN2O3/c14-7-1-2-8(15)11-6(7)5-17(13(11)20)9-3-4-10(18)16-12(9)19/h1-2,9H,3-5H2,(H,16,18,19). The van der Waals surface area contributed by atoms with E-state index in [0.29, 0.717) is 10.0 Å². The molecule has 1 fully saturated rings. The molecule has 7 heteroatoms. The first kappa shape index (κ1) is 13.2. The van der Waals surface area contributed by atoms with Crippen molar-refractivity contribution in [2.75, 3.05) is 0 Å². The number of hydrogen-bond donors (Lipinski definition) is 1. The van der Waals surface area contributed by atoms with E-state index in [1.165, 1.54) is 17.0 Å². The van der Waals surface area contributed by atoms with Crippen LogP contribution in [0, 0.1) is 5.82 Å². The van der Waals surface area contributed by atoms with Gasteiger partial charge < -0.3 is 4.90 Å². The van der Waals surface area contributed by atoms with Crippen molar-refractivity contribution in [1.29, 1.82) is 0 Å². The number of carbonyl (C=O) groups excluding carboxylic acids is 3. The molecule has 5 nitrogen and oxygen atoms in total. The summed E-state index contributed by atoms with van der Waals surface area (Å²) >= 11 is 3.28. The Hall–Kier alpha value is -1.76. The van der Waals surface area contributed by atoms with Gasteiger partial charge in [-0.05, 0) is 18.6 Å². The van der Waals surface area contributed by atoms with E-state index in [-0.39, 0.29) is 30.9 Å². The number of rotatable bonds is 1. The van der Waals surface area contributed by atoms with Gasteiger partial charge in [-0.25, -0.2) is 4.39 Å². The van der Waals surface area contributed by atoms with Gasteiger partial charge in [0, 0.05) is 23.0 Å². The SMILES string of the molecule is O=C1CCC(N2Cc3c(Br)ccc(F)c3C2=O)C(=O)N1. The van der Waals surface area contributed by atoms with Gasteiger partial charge in [-0.1, -0.05) is 15.9 Å². The molecule has 1 N–H and O–H groups in total. The average Bonchev–Trinajstić information content (AvgIpc) is 2.73. The maximum absolute atomic E-state index is 13.8. The maximum Gasteiger partial charge on any atom is 0.258 e. The second-order valence-electron chi connectivity index (χ2n) is 4.78. The summed E-state index contributed by atoms with van der Waals surface area (Å²) in [5.74, 6) is -1.95. The van der Waals surface area contributed by atoms with Crippen LogP contribution in [0.5, 0.6) is 0 Å². The lowest BCUT2D eigenvalue weighted by molar-refractivity contribution is -0.136. The molecule has 0 bridgehead atoms. The Bertz CT molecular complexity index is 647. The number of carbonyl (C=O) groups is 3. The predicted octanol–water partition coefficient (Wildman–Crippen LogP) is 1.35. The molecule has 2 aliphatic heterocycles. The Kier molecular flexibility index (Phi) is 3.08. The van der Waals surface area contributed by atoms with E-state index in [1.807, 2.05) is 0 Å². The third-order valence-electron chi connectivity index (χ3n) is 3.59. The number of nitrogens with zero attached hydrogens (tertiary/aromatic N) is 1.